The minimum Gasteiger partial charge on any atom is -0.340 e. The first kappa shape index (κ1) is 22.5. The van der Waals surface area contributed by atoms with Gasteiger partial charge in [-0.05, 0) is 43.7 Å². The second kappa shape index (κ2) is 10.3. The first-order chi connectivity index (χ1) is 15.5. The number of hydrogen-bond acceptors (Lipinski definition) is 5. The number of nitrogens with one attached hydrogen (secondary N) is 1. The molecule has 168 valence electrons. The number of nitrogens with zero attached hydrogens (tertiary/aromatic N) is 3. The maximum Gasteiger partial charge on any atom is 0.239 e. The molecular formula is C25H30N4O2S. The molecule has 2 aliphatic rings. The van der Waals surface area contributed by atoms with Crippen LogP contribution in [0.5, 0.6) is 0 Å². The Hall–Kier alpha value is -2.69. The SMILES string of the molecule is Cc1ccc(CC(=O)N2CCN(CC(=O)Nc3sc4c(c3C#N)CCCCC4)CC2)cc1. The highest BCUT2D eigenvalue weighted by Crippen LogP contribution is 2.36. The van der Waals surface area contributed by atoms with Crippen LogP contribution in [0.4, 0.5) is 5.00 Å². The average Bonchev–Trinajstić information content (AvgIpc) is 2.94. The highest BCUT2D eigenvalue weighted by molar-refractivity contribution is 7.16. The number of carbonyl (C=O) groups excluding carboxylic acids is 2. The highest BCUT2D eigenvalue weighted by atomic mass is 32.1. The number of fused-ring (bicyclic) bond motifs is 1. The molecule has 1 N–H and O–H groups in total. The van der Waals surface area contributed by atoms with Gasteiger partial charge in [-0.25, -0.2) is 0 Å². The van der Waals surface area contributed by atoms with E-state index in [0.717, 1.165) is 36.8 Å². The molecule has 32 heavy (non-hydrogen) atoms. The zero-order valence-electron chi connectivity index (χ0n) is 18.7. The summed E-state index contributed by atoms with van der Waals surface area (Å²) in [4.78, 5) is 30.5. The normalized spacial score (nSPS) is 16.7. The van der Waals surface area contributed by atoms with Crippen molar-refractivity contribution in [2.24, 2.45) is 0 Å². The van der Waals surface area contributed by atoms with E-state index in [1.54, 1.807) is 11.3 Å². The zero-order valence-corrected chi connectivity index (χ0v) is 19.5. The third-order valence-corrected chi connectivity index (χ3v) is 7.56. The average molecular weight is 451 g/mol. The minimum absolute atomic E-state index is 0.0858. The lowest BCUT2D eigenvalue weighted by Gasteiger charge is -2.34. The molecule has 1 aliphatic carbocycles. The monoisotopic (exact) mass is 450 g/mol. The van der Waals surface area contributed by atoms with Crippen LogP contribution in [-0.2, 0) is 28.9 Å². The molecule has 0 spiro atoms. The van der Waals surface area contributed by atoms with Gasteiger partial charge in [-0.1, -0.05) is 36.2 Å². The summed E-state index contributed by atoms with van der Waals surface area (Å²) < 4.78 is 0. The predicted molar refractivity (Wildman–Crippen MR) is 127 cm³/mol. The lowest BCUT2D eigenvalue weighted by atomic mass is 10.1. The third-order valence-electron chi connectivity index (χ3n) is 6.35. The minimum atomic E-state index is -0.0858. The van der Waals surface area contributed by atoms with Crippen LogP contribution in [-0.4, -0.2) is 54.3 Å². The molecule has 0 radical (unpaired) electrons. The lowest BCUT2D eigenvalue weighted by Crippen LogP contribution is -2.50. The number of rotatable bonds is 5. The number of amides is 2. The maximum absolute atomic E-state index is 12.7. The Balaban J connectivity index is 1.27. The quantitative estimate of drug-likeness (QED) is 0.707. The number of carbonyl (C=O) groups is 2. The Morgan fingerprint density at radius 1 is 1.06 bits per heavy atom. The van der Waals surface area contributed by atoms with Gasteiger partial charge in [-0.3, -0.25) is 14.5 Å². The number of benzene rings is 1. The largest absolute Gasteiger partial charge is 0.340 e. The summed E-state index contributed by atoms with van der Waals surface area (Å²) in [6.07, 6.45) is 5.82. The van der Waals surface area contributed by atoms with Crippen LogP contribution in [0, 0.1) is 18.3 Å². The molecule has 6 nitrogen and oxygen atoms in total. The second-order valence-corrected chi connectivity index (χ2v) is 9.85. The van der Waals surface area contributed by atoms with E-state index >= 15 is 0 Å². The molecule has 1 fully saturated rings. The Morgan fingerprint density at radius 3 is 2.50 bits per heavy atom. The molecule has 2 aromatic rings. The first-order valence-electron chi connectivity index (χ1n) is 11.4. The summed E-state index contributed by atoms with van der Waals surface area (Å²) in [6.45, 7) is 4.95. The Kier molecular flexibility index (Phi) is 7.23. The number of nitriles is 1. The number of anilines is 1. The van der Waals surface area contributed by atoms with Gasteiger partial charge in [0.05, 0.1) is 18.5 Å². The fourth-order valence-corrected chi connectivity index (χ4v) is 5.72. The molecular weight excluding hydrogens is 420 g/mol. The molecule has 1 aliphatic heterocycles. The molecule has 2 heterocycles. The predicted octanol–water partition coefficient (Wildman–Crippen LogP) is 3.52. The van der Waals surface area contributed by atoms with Gasteiger partial charge in [0.2, 0.25) is 11.8 Å². The van der Waals surface area contributed by atoms with Crippen molar-refractivity contribution in [3.8, 4) is 6.07 Å². The third kappa shape index (κ3) is 5.37. The van der Waals surface area contributed by atoms with Crippen molar-refractivity contribution in [3.05, 3.63) is 51.4 Å². The molecule has 1 aromatic heterocycles. The van der Waals surface area contributed by atoms with Crippen molar-refractivity contribution >= 4 is 28.2 Å². The smallest absolute Gasteiger partial charge is 0.239 e. The van der Waals surface area contributed by atoms with Crippen LogP contribution in [0.3, 0.4) is 0 Å². The van der Waals surface area contributed by atoms with Crippen LogP contribution >= 0.6 is 11.3 Å². The molecule has 2 amide bonds. The molecule has 4 rings (SSSR count). The number of thiophene rings is 1. The first-order valence-corrected chi connectivity index (χ1v) is 12.3. The van der Waals surface area contributed by atoms with E-state index in [1.165, 1.54) is 16.9 Å². The maximum atomic E-state index is 12.7. The highest BCUT2D eigenvalue weighted by Gasteiger charge is 2.24. The van der Waals surface area contributed by atoms with Crippen LogP contribution in [0.15, 0.2) is 24.3 Å². The van der Waals surface area contributed by atoms with E-state index in [2.05, 4.69) is 16.3 Å². The van der Waals surface area contributed by atoms with E-state index in [4.69, 9.17) is 0 Å². The van der Waals surface area contributed by atoms with Gasteiger partial charge >= 0.3 is 0 Å². The number of piperazine rings is 1. The van der Waals surface area contributed by atoms with E-state index in [1.807, 2.05) is 36.1 Å². The van der Waals surface area contributed by atoms with Crippen molar-refractivity contribution in [1.82, 2.24) is 9.80 Å². The van der Waals surface area contributed by atoms with Crippen LogP contribution in [0.2, 0.25) is 0 Å². The molecule has 1 aromatic carbocycles. The fourth-order valence-electron chi connectivity index (χ4n) is 4.47. The van der Waals surface area contributed by atoms with Crippen molar-refractivity contribution in [3.63, 3.8) is 0 Å². The van der Waals surface area contributed by atoms with E-state index in [-0.39, 0.29) is 18.4 Å². The Morgan fingerprint density at radius 2 is 1.78 bits per heavy atom. The van der Waals surface area contributed by atoms with Gasteiger partial charge in [0.15, 0.2) is 0 Å². The van der Waals surface area contributed by atoms with Crippen LogP contribution in [0.25, 0.3) is 0 Å². The van der Waals surface area contributed by atoms with Gasteiger partial charge in [0.25, 0.3) is 0 Å². The van der Waals surface area contributed by atoms with Gasteiger partial charge in [-0.2, -0.15) is 5.26 Å². The summed E-state index contributed by atoms with van der Waals surface area (Å²) in [5.41, 5.74) is 4.02. The van der Waals surface area contributed by atoms with E-state index in [0.29, 0.717) is 43.2 Å². The zero-order chi connectivity index (χ0) is 22.5. The van der Waals surface area contributed by atoms with Crippen molar-refractivity contribution in [1.29, 1.82) is 5.26 Å². The number of aryl methyl sites for hydroxylation is 2. The standard InChI is InChI=1S/C25H30N4O2S/c1-18-7-9-19(10-8-18)15-24(31)29-13-11-28(12-14-29)17-23(30)27-25-21(16-26)20-5-3-2-4-6-22(20)32-25/h7-10H,2-6,11-15,17H2,1H3,(H,27,30). The number of hydrogen-bond donors (Lipinski definition) is 1. The topological polar surface area (TPSA) is 76.4 Å². The molecule has 1 saturated heterocycles. The van der Waals surface area contributed by atoms with Crippen molar-refractivity contribution in [2.75, 3.05) is 38.0 Å². The molecule has 7 heteroatoms. The summed E-state index contributed by atoms with van der Waals surface area (Å²) in [6, 6.07) is 10.4. The molecule has 0 saturated carbocycles. The fraction of sp³-hybridized carbons (Fsp3) is 0.480. The van der Waals surface area contributed by atoms with Crippen molar-refractivity contribution in [2.45, 2.75) is 45.4 Å². The van der Waals surface area contributed by atoms with Crippen molar-refractivity contribution < 1.29 is 9.59 Å². The second-order valence-electron chi connectivity index (χ2n) is 8.75. The Labute approximate surface area is 193 Å². The van der Waals surface area contributed by atoms with Crippen LogP contribution < -0.4 is 5.32 Å². The summed E-state index contributed by atoms with van der Waals surface area (Å²) in [7, 11) is 0. The van der Waals surface area contributed by atoms with Crippen LogP contribution in [0.1, 0.15) is 46.4 Å². The Bertz CT molecular complexity index is 1010. The summed E-state index contributed by atoms with van der Waals surface area (Å²) in [5, 5.41) is 13.3. The summed E-state index contributed by atoms with van der Waals surface area (Å²) >= 11 is 1.57. The summed E-state index contributed by atoms with van der Waals surface area (Å²) in [5.74, 6) is 0.0500. The van der Waals surface area contributed by atoms with E-state index in [9.17, 15) is 14.9 Å². The molecule has 0 unspecified atom stereocenters. The van der Waals surface area contributed by atoms with Gasteiger partial charge in [0, 0.05) is 31.1 Å². The van der Waals surface area contributed by atoms with Gasteiger partial charge < -0.3 is 10.2 Å². The van der Waals surface area contributed by atoms with Gasteiger partial charge in [0.1, 0.15) is 11.1 Å². The molecule has 0 atom stereocenters. The van der Waals surface area contributed by atoms with Gasteiger partial charge in [-0.15, -0.1) is 11.3 Å². The molecule has 0 bridgehead atoms. The lowest BCUT2D eigenvalue weighted by molar-refractivity contribution is -0.132. The van der Waals surface area contributed by atoms with E-state index < -0.39 is 0 Å².